The van der Waals surface area contributed by atoms with E-state index in [-0.39, 0.29) is 22.9 Å². The number of anilines is 1. The number of hydrogen-bond donors (Lipinski definition) is 6. The quantitative estimate of drug-likeness (QED) is 0.333. The minimum Gasteiger partial charge on any atom is -0.508 e. The lowest BCUT2D eigenvalue weighted by molar-refractivity contribution is 0.380. The number of aromatic hydroxyl groups is 3. The van der Waals surface area contributed by atoms with Crippen LogP contribution in [-0.4, -0.2) is 25.1 Å². The Labute approximate surface area is 139 Å². The highest BCUT2D eigenvalue weighted by molar-refractivity contribution is 7.53. The van der Waals surface area contributed by atoms with Crippen molar-refractivity contribution in [2.24, 2.45) is 0 Å². The normalized spacial score (nSPS) is 11.4. The molecular formula is C16H20NO6P. The second-order valence-corrected chi connectivity index (χ2v) is 6.83. The van der Waals surface area contributed by atoms with Gasteiger partial charge in [0.25, 0.3) is 0 Å². The van der Waals surface area contributed by atoms with Gasteiger partial charge in [0.1, 0.15) is 17.2 Å². The number of phenolic OH excluding ortho intramolecular Hbond substituents is 3. The standard InChI is InChI=1S/C16H20NO6P/c18-12-7-5-11(6-8-12)3-1-2-4-14-15(17-24(21,22)23)9-13(19)10-16(14)20/h5-10,18-20H,1-4H2,(H3,17,21,22,23). The van der Waals surface area contributed by atoms with E-state index in [0.717, 1.165) is 24.5 Å². The maximum Gasteiger partial charge on any atom is 0.427 e. The Bertz CT molecular complexity index is 741. The van der Waals surface area contributed by atoms with Crippen molar-refractivity contribution < 1.29 is 29.7 Å². The SMILES string of the molecule is O=P(O)(O)Nc1cc(O)cc(O)c1CCCCc1ccc(O)cc1. The van der Waals surface area contributed by atoms with Crippen LogP contribution in [0.3, 0.4) is 0 Å². The van der Waals surface area contributed by atoms with Crippen LogP contribution in [0.1, 0.15) is 24.0 Å². The molecule has 0 radical (unpaired) electrons. The van der Waals surface area contributed by atoms with Crippen LogP contribution in [0.5, 0.6) is 17.2 Å². The van der Waals surface area contributed by atoms with Gasteiger partial charge in [-0.25, -0.2) is 4.57 Å². The zero-order chi connectivity index (χ0) is 17.7. The van der Waals surface area contributed by atoms with Crippen molar-refractivity contribution in [3.8, 4) is 17.2 Å². The third kappa shape index (κ3) is 5.45. The maximum atomic E-state index is 11.1. The molecule has 8 heteroatoms. The first-order valence-corrected chi connectivity index (χ1v) is 9.02. The molecule has 0 saturated heterocycles. The van der Waals surface area contributed by atoms with E-state index in [1.54, 1.807) is 12.1 Å². The van der Waals surface area contributed by atoms with Crippen LogP contribution in [0.15, 0.2) is 36.4 Å². The molecule has 0 unspecified atom stereocenters. The van der Waals surface area contributed by atoms with Crippen molar-refractivity contribution in [3.05, 3.63) is 47.5 Å². The molecule has 0 aliphatic rings. The van der Waals surface area contributed by atoms with Gasteiger partial charge in [-0.05, 0) is 43.4 Å². The second-order valence-electron chi connectivity index (χ2n) is 5.52. The fourth-order valence-corrected chi connectivity index (χ4v) is 2.97. The Morgan fingerprint density at radius 2 is 1.50 bits per heavy atom. The third-order valence-electron chi connectivity index (χ3n) is 3.56. The van der Waals surface area contributed by atoms with Gasteiger partial charge >= 0.3 is 7.75 Å². The fraction of sp³-hybridized carbons (Fsp3) is 0.250. The van der Waals surface area contributed by atoms with E-state index in [0.29, 0.717) is 18.4 Å². The summed E-state index contributed by atoms with van der Waals surface area (Å²) < 4.78 is 11.1. The zero-order valence-corrected chi connectivity index (χ0v) is 13.8. The lowest BCUT2D eigenvalue weighted by Crippen LogP contribution is -2.00. The molecule has 0 aromatic heterocycles. The molecule has 24 heavy (non-hydrogen) atoms. The molecule has 2 aromatic carbocycles. The summed E-state index contributed by atoms with van der Waals surface area (Å²) >= 11 is 0. The molecule has 0 aliphatic heterocycles. The lowest BCUT2D eigenvalue weighted by Gasteiger charge is -2.15. The number of rotatable bonds is 7. The van der Waals surface area contributed by atoms with Crippen molar-refractivity contribution >= 4 is 13.4 Å². The van der Waals surface area contributed by atoms with E-state index >= 15 is 0 Å². The molecular weight excluding hydrogens is 333 g/mol. The smallest absolute Gasteiger partial charge is 0.427 e. The van der Waals surface area contributed by atoms with Crippen LogP contribution in [-0.2, 0) is 17.4 Å². The molecule has 0 spiro atoms. The number of nitrogens with one attached hydrogen (secondary N) is 1. The Morgan fingerprint density at radius 3 is 2.12 bits per heavy atom. The summed E-state index contributed by atoms with van der Waals surface area (Å²) in [6.07, 6.45) is 2.64. The monoisotopic (exact) mass is 353 g/mol. The van der Waals surface area contributed by atoms with Crippen LogP contribution in [0.2, 0.25) is 0 Å². The van der Waals surface area contributed by atoms with E-state index in [2.05, 4.69) is 0 Å². The Balaban J connectivity index is 2.00. The van der Waals surface area contributed by atoms with Gasteiger partial charge in [-0.3, -0.25) is 5.09 Å². The summed E-state index contributed by atoms with van der Waals surface area (Å²) in [7, 11) is -4.54. The first kappa shape index (κ1) is 18.1. The first-order valence-electron chi connectivity index (χ1n) is 7.41. The summed E-state index contributed by atoms with van der Waals surface area (Å²) in [4.78, 5) is 18.1. The molecule has 130 valence electrons. The largest absolute Gasteiger partial charge is 0.508 e. The summed E-state index contributed by atoms with van der Waals surface area (Å²) in [6, 6.07) is 9.20. The molecule has 0 saturated carbocycles. The molecule has 2 rings (SSSR count). The highest BCUT2D eigenvalue weighted by Crippen LogP contribution is 2.41. The average Bonchev–Trinajstić information content (AvgIpc) is 2.45. The van der Waals surface area contributed by atoms with E-state index in [1.807, 2.05) is 17.2 Å². The molecule has 0 atom stereocenters. The topological polar surface area (TPSA) is 130 Å². The Hall–Kier alpha value is -2.21. The lowest BCUT2D eigenvalue weighted by atomic mass is 10.0. The van der Waals surface area contributed by atoms with Gasteiger partial charge in [-0.2, -0.15) is 0 Å². The number of aryl methyl sites for hydroxylation is 1. The fourth-order valence-electron chi connectivity index (χ4n) is 2.45. The number of benzene rings is 2. The van der Waals surface area contributed by atoms with E-state index in [9.17, 15) is 19.9 Å². The predicted octanol–water partition coefficient (Wildman–Crippen LogP) is 2.87. The Kier molecular flexibility index (Phi) is 5.72. The minimum absolute atomic E-state index is 0.0190. The van der Waals surface area contributed by atoms with Crippen LogP contribution < -0.4 is 5.09 Å². The molecule has 0 aliphatic carbocycles. The van der Waals surface area contributed by atoms with Crippen LogP contribution in [0.25, 0.3) is 0 Å². The molecule has 7 nitrogen and oxygen atoms in total. The number of hydrogen-bond acceptors (Lipinski definition) is 4. The Morgan fingerprint density at radius 1 is 0.875 bits per heavy atom. The van der Waals surface area contributed by atoms with E-state index < -0.39 is 7.75 Å². The van der Waals surface area contributed by atoms with Gasteiger partial charge in [0.2, 0.25) is 0 Å². The van der Waals surface area contributed by atoms with Crippen molar-refractivity contribution in [3.63, 3.8) is 0 Å². The predicted molar refractivity (Wildman–Crippen MR) is 90.2 cm³/mol. The highest BCUT2D eigenvalue weighted by atomic mass is 31.2. The minimum atomic E-state index is -4.54. The van der Waals surface area contributed by atoms with Gasteiger partial charge in [-0.1, -0.05) is 12.1 Å². The van der Waals surface area contributed by atoms with Crippen molar-refractivity contribution in [2.75, 3.05) is 5.09 Å². The summed E-state index contributed by atoms with van der Waals surface area (Å²) in [5.74, 6) is -0.284. The summed E-state index contributed by atoms with van der Waals surface area (Å²) in [5.41, 5.74) is 1.43. The van der Waals surface area contributed by atoms with Crippen LogP contribution in [0.4, 0.5) is 5.69 Å². The van der Waals surface area contributed by atoms with Gasteiger partial charge in [0.05, 0.1) is 5.69 Å². The number of unbranched alkanes of at least 4 members (excludes halogenated alkanes) is 1. The van der Waals surface area contributed by atoms with Crippen molar-refractivity contribution in [1.29, 1.82) is 0 Å². The summed E-state index contributed by atoms with van der Waals surface area (Å²) in [6.45, 7) is 0. The summed E-state index contributed by atoms with van der Waals surface area (Å²) in [5, 5.41) is 30.7. The molecule has 0 heterocycles. The molecule has 0 fully saturated rings. The first-order chi connectivity index (χ1) is 11.2. The zero-order valence-electron chi connectivity index (χ0n) is 12.9. The molecule has 6 N–H and O–H groups in total. The maximum absolute atomic E-state index is 11.1. The average molecular weight is 353 g/mol. The molecule has 0 amide bonds. The third-order valence-corrected chi connectivity index (χ3v) is 4.09. The molecule has 2 aromatic rings. The second kappa shape index (κ2) is 7.57. The van der Waals surface area contributed by atoms with Crippen LogP contribution >= 0.6 is 7.75 Å². The van der Waals surface area contributed by atoms with Crippen molar-refractivity contribution in [2.45, 2.75) is 25.7 Å². The van der Waals surface area contributed by atoms with Crippen LogP contribution in [0, 0.1) is 0 Å². The van der Waals surface area contributed by atoms with Crippen molar-refractivity contribution in [1.82, 2.24) is 0 Å². The van der Waals surface area contributed by atoms with E-state index in [4.69, 9.17) is 9.79 Å². The number of phenols is 3. The van der Waals surface area contributed by atoms with Gasteiger partial charge in [0.15, 0.2) is 0 Å². The molecule has 0 bridgehead atoms. The highest BCUT2D eigenvalue weighted by Gasteiger charge is 2.18. The van der Waals surface area contributed by atoms with Gasteiger partial charge < -0.3 is 25.1 Å². The van der Waals surface area contributed by atoms with E-state index in [1.165, 1.54) is 6.07 Å². The van der Waals surface area contributed by atoms with Gasteiger partial charge in [0, 0.05) is 17.7 Å². The van der Waals surface area contributed by atoms with Gasteiger partial charge in [-0.15, -0.1) is 0 Å².